The molecule has 5 heterocycles. The van der Waals surface area contributed by atoms with Crippen LogP contribution in [0.5, 0.6) is 5.88 Å². The Labute approximate surface area is 198 Å². The number of pyridine rings is 1. The van der Waals surface area contributed by atoms with Gasteiger partial charge in [0, 0.05) is 48.9 Å². The minimum Gasteiger partial charge on any atom is -0.481 e. The van der Waals surface area contributed by atoms with E-state index in [1.165, 1.54) is 10.5 Å². The lowest BCUT2D eigenvalue weighted by Gasteiger charge is -2.29. The fourth-order valence-electron chi connectivity index (χ4n) is 4.93. The molecule has 1 N–H and O–H groups in total. The van der Waals surface area contributed by atoms with Gasteiger partial charge in [0.15, 0.2) is 0 Å². The second-order valence-electron chi connectivity index (χ2n) is 8.98. The smallest absolute Gasteiger partial charge is 0.407 e. The summed E-state index contributed by atoms with van der Waals surface area (Å²) in [7, 11) is 1.62. The summed E-state index contributed by atoms with van der Waals surface area (Å²) in [5, 5.41) is 18.8. The number of piperidine rings is 1. The van der Waals surface area contributed by atoms with E-state index >= 15 is 0 Å². The topological polar surface area (TPSA) is 108 Å². The van der Waals surface area contributed by atoms with E-state index in [4.69, 9.17) is 19.7 Å². The Balaban J connectivity index is 1.42. The van der Waals surface area contributed by atoms with Crippen LogP contribution >= 0.6 is 0 Å². The van der Waals surface area contributed by atoms with Gasteiger partial charge in [-0.25, -0.2) is 14.5 Å². The van der Waals surface area contributed by atoms with Crippen molar-refractivity contribution in [3.63, 3.8) is 0 Å². The van der Waals surface area contributed by atoms with E-state index in [0.29, 0.717) is 38.1 Å². The third kappa shape index (κ3) is 4.37. The molecule has 3 aromatic rings. The number of ether oxygens (including phenoxy) is 2. The van der Waals surface area contributed by atoms with Crippen LogP contribution in [0.4, 0.5) is 4.79 Å². The summed E-state index contributed by atoms with van der Waals surface area (Å²) in [6.45, 7) is 5.26. The highest BCUT2D eigenvalue weighted by Gasteiger charge is 2.25. The zero-order valence-electron chi connectivity index (χ0n) is 19.6. The molecule has 1 saturated heterocycles. The molecular formula is C24H30N6O4. The van der Waals surface area contributed by atoms with Crippen molar-refractivity contribution in [2.75, 3.05) is 33.4 Å². The largest absolute Gasteiger partial charge is 0.481 e. The molecule has 0 atom stereocenters. The number of hydrogen-bond donors (Lipinski definition) is 1. The molecule has 3 aromatic heterocycles. The van der Waals surface area contributed by atoms with Crippen LogP contribution in [0.1, 0.15) is 29.7 Å². The average Bonchev–Trinajstić information content (AvgIpc) is 3.36. The molecule has 34 heavy (non-hydrogen) atoms. The summed E-state index contributed by atoms with van der Waals surface area (Å²) in [6, 6.07) is 2.04. The maximum atomic E-state index is 11.2. The fraction of sp³-hybridized carbons (Fsp3) is 0.500. The lowest BCUT2D eigenvalue weighted by atomic mass is 9.97. The van der Waals surface area contributed by atoms with Crippen molar-refractivity contribution in [3.8, 4) is 22.8 Å². The number of methoxy groups -OCH3 is 1. The van der Waals surface area contributed by atoms with Gasteiger partial charge in [0.1, 0.15) is 0 Å². The van der Waals surface area contributed by atoms with Gasteiger partial charge in [0.05, 0.1) is 49.8 Å². The SMILES string of the molecule is COc1ncc(-n2nc(-c3cnn(CC4CCN(C(=O)O)CC4)c3)c3c2CCOCC3)cc1C. The summed E-state index contributed by atoms with van der Waals surface area (Å²) >= 11 is 0. The number of carbonyl (C=O) groups is 1. The van der Waals surface area contributed by atoms with E-state index < -0.39 is 6.09 Å². The molecule has 180 valence electrons. The van der Waals surface area contributed by atoms with Crippen LogP contribution in [0.25, 0.3) is 16.9 Å². The van der Waals surface area contributed by atoms with E-state index in [2.05, 4.69) is 16.3 Å². The second kappa shape index (κ2) is 9.46. The second-order valence-corrected chi connectivity index (χ2v) is 8.98. The molecule has 0 radical (unpaired) electrons. The van der Waals surface area contributed by atoms with Gasteiger partial charge in [0.2, 0.25) is 5.88 Å². The molecule has 1 amide bonds. The first-order valence-corrected chi connectivity index (χ1v) is 11.7. The highest BCUT2D eigenvalue weighted by Crippen LogP contribution is 2.31. The van der Waals surface area contributed by atoms with Gasteiger partial charge in [-0.15, -0.1) is 0 Å². The first-order chi connectivity index (χ1) is 16.5. The maximum absolute atomic E-state index is 11.2. The summed E-state index contributed by atoms with van der Waals surface area (Å²) in [5.74, 6) is 1.03. The quantitative estimate of drug-likeness (QED) is 0.616. The Hall–Kier alpha value is -3.40. The van der Waals surface area contributed by atoms with Crippen molar-refractivity contribution in [2.45, 2.75) is 39.2 Å². The van der Waals surface area contributed by atoms with E-state index in [1.54, 1.807) is 13.3 Å². The van der Waals surface area contributed by atoms with E-state index in [9.17, 15) is 4.79 Å². The summed E-state index contributed by atoms with van der Waals surface area (Å²) in [4.78, 5) is 17.1. The maximum Gasteiger partial charge on any atom is 0.407 e. The van der Waals surface area contributed by atoms with Crippen LogP contribution in [-0.4, -0.2) is 74.1 Å². The van der Waals surface area contributed by atoms with Crippen molar-refractivity contribution in [2.24, 2.45) is 5.92 Å². The molecule has 0 spiro atoms. The molecule has 10 nitrogen and oxygen atoms in total. The van der Waals surface area contributed by atoms with Gasteiger partial charge >= 0.3 is 6.09 Å². The molecule has 1 fully saturated rings. The number of fused-ring (bicyclic) bond motifs is 1. The molecule has 0 unspecified atom stereocenters. The lowest BCUT2D eigenvalue weighted by Crippen LogP contribution is -2.38. The van der Waals surface area contributed by atoms with Crippen LogP contribution < -0.4 is 4.74 Å². The minimum atomic E-state index is -0.831. The number of amides is 1. The van der Waals surface area contributed by atoms with Crippen molar-refractivity contribution in [1.29, 1.82) is 0 Å². The zero-order valence-corrected chi connectivity index (χ0v) is 19.6. The Morgan fingerprint density at radius 1 is 1.24 bits per heavy atom. The molecule has 10 heteroatoms. The number of aromatic nitrogens is 5. The summed E-state index contributed by atoms with van der Waals surface area (Å²) in [5.41, 5.74) is 6.12. The number of carboxylic acid groups (broad SMARTS) is 1. The fourth-order valence-corrected chi connectivity index (χ4v) is 4.93. The van der Waals surface area contributed by atoms with Crippen LogP contribution in [0.15, 0.2) is 24.7 Å². The van der Waals surface area contributed by atoms with Crippen molar-refractivity contribution >= 4 is 6.09 Å². The zero-order chi connectivity index (χ0) is 23.7. The highest BCUT2D eigenvalue weighted by molar-refractivity contribution is 5.65. The monoisotopic (exact) mass is 466 g/mol. The van der Waals surface area contributed by atoms with Crippen LogP contribution in [-0.2, 0) is 24.1 Å². The number of nitrogens with zero attached hydrogens (tertiary/aromatic N) is 6. The average molecular weight is 467 g/mol. The van der Waals surface area contributed by atoms with Crippen LogP contribution in [0.3, 0.4) is 0 Å². The third-order valence-corrected chi connectivity index (χ3v) is 6.76. The highest BCUT2D eigenvalue weighted by atomic mass is 16.5. The number of hydrogen-bond acceptors (Lipinski definition) is 6. The molecule has 0 saturated carbocycles. The lowest BCUT2D eigenvalue weighted by molar-refractivity contribution is 0.121. The Bertz CT molecular complexity index is 1180. The van der Waals surface area contributed by atoms with Crippen LogP contribution in [0, 0.1) is 12.8 Å². The minimum absolute atomic E-state index is 0.416. The van der Waals surface area contributed by atoms with Gasteiger partial charge in [-0.1, -0.05) is 0 Å². The molecule has 0 aromatic carbocycles. The Kier molecular flexibility index (Phi) is 6.23. The van der Waals surface area contributed by atoms with E-state index in [1.807, 2.05) is 28.6 Å². The van der Waals surface area contributed by atoms with E-state index in [-0.39, 0.29) is 0 Å². The predicted octanol–water partition coefficient (Wildman–Crippen LogP) is 2.95. The van der Waals surface area contributed by atoms with Crippen molar-refractivity contribution in [1.82, 2.24) is 29.4 Å². The first-order valence-electron chi connectivity index (χ1n) is 11.7. The van der Waals surface area contributed by atoms with Gasteiger partial charge in [-0.2, -0.15) is 10.2 Å². The Morgan fingerprint density at radius 2 is 2.03 bits per heavy atom. The standard InChI is InChI=1S/C24H30N6O4/c1-16-11-19(13-25-23(16)33-2)30-21-6-10-34-9-5-20(21)22(27-30)18-12-26-29(15-18)14-17-3-7-28(8-4-17)24(31)32/h11-13,15,17H,3-10,14H2,1-2H3,(H,31,32). The third-order valence-electron chi connectivity index (χ3n) is 6.76. The molecular weight excluding hydrogens is 436 g/mol. The predicted molar refractivity (Wildman–Crippen MR) is 124 cm³/mol. The molecule has 2 aliphatic rings. The molecule has 0 aliphatic carbocycles. The van der Waals surface area contributed by atoms with Gasteiger partial charge < -0.3 is 19.5 Å². The summed E-state index contributed by atoms with van der Waals surface area (Å²) in [6.07, 6.45) is 8.18. The van der Waals surface area contributed by atoms with Gasteiger partial charge in [-0.05, 0) is 38.2 Å². The normalized spacial score (nSPS) is 16.8. The number of likely N-dealkylation sites (tertiary alicyclic amines) is 1. The van der Waals surface area contributed by atoms with Gasteiger partial charge in [-0.3, -0.25) is 4.68 Å². The molecule has 2 aliphatic heterocycles. The Morgan fingerprint density at radius 3 is 2.76 bits per heavy atom. The molecule has 5 rings (SSSR count). The van der Waals surface area contributed by atoms with Crippen LogP contribution in [0.2, 0.25) is 0 Å². The molecule has 0 bridgehead atoms. The number of rotatable bonds is 5. The van der Waals surface area contributed by atoms with E-state index in [0.717, 1.165) is 60.4 Å². The van der Waals surface area contributed by atoms with Gasteiger partial charge in [0.25, 0.3) is 0 Å². The van der Waals surface area contributed by atoms with Crippen molar-refractivity contribution in [3.05, 3.63) is 41.5 Å². The first kappa shape index (κ1) is 22.4. The van der Waals surface area contributed by atoms with Crippen molar-refractivity contribution < 1.29 is 19.4 Å². The summed E-state index contributed by atoms with van der Waals surface area (Å²) < 4.78 is 15.0. The number of aryl methyl sites for hydroxylation is 1.